The molecule has 1 atom stereocenters. The van der Waals surface area contributed by atoms with Gasteiger partial charge >= 0.3 is 12.0 Å². The molecule has 1 aliphatic rings. The number of urea groups is 1. The average Bonchev–Trinajstić information content (AvgIpc) is 2.43. The molecule has 7 nitrogen and oxygen atoms in total. The van der Waals surface area contributed by atoms with Crippen molar-refractivity contribution >= 4 is 17.9 Å². The van der Waals surface area contributed by atoms with Crippen molar-refractivity contribution in [3.63, 3.8) is 0 Å². The molecule has 0 radical (unpaired) electrons. The van der Waals surface area contributed by atoms with E-state index in [9.17, 15) is 14.4 Å². The Morgan fingerprint density at radius 1 is 1.29 bits per heavy atom. The first-order valence-corrected chi connectivity index (χ1v) is 7.43. The molecule has 1 aliphatic heterocycles. The average molecular weight is 299 g/mol. The smallest absolute Gasteiger partial charge is 0.317 e. The van der Waals surface area contributed by atoms with Crippen LogP contribution in [0.3, 0.4) is 0 Å². The zero-order valence-corrected chi connectivity index (χ0v) is 12.7. The van der Waals surface area contributed by atoms with E-state index in [4.69, 9.17) is 5.11 Å². The van der Waals surface area contributed by atoms with Crippen LogP contribution in [-0.4, -0.2) is 53.6 Å². The molecule has 1 unspecified atom stereocenters. The Morgan fingerprint density at radius 3 is 2.43 bits per heavy atom. The lowest BCUT2D eigenvalue weighted by Gasteiger charge is -2.32. The summed E-state index contributed by atoms with van der Waals surface area (Å²) in [5.41, 5.74) is 0. The summed E-state index contributed by atoms with van der Waals surface area (Å²) in [6.45, 7) is 4.90. The third-order valence-electron chi connectivity index (χ3n) is 3.70. The van der Waals surface area contributed by atoms with Gasteiger partial charge in [0.15, 0.2) is 0 Å². The van der Waals surface area contributed by atoms with E-state index in [0.29, 0.717) is 32.5 Å². The number of nitrogens with one attached hydrogen (secondary N) is 2. The molecule has 0 spiro atoms. The molecule has 0 aliphatic carbocycles. The quantitative estimate of drug-likeness (QED) is 0.632. The van der Waals surface area contributed by atoms with Crippen molar-refractivity contribution in [2.75, 3.05) is 19.6 Å². The van der Waals surface area contributed by atoms with Gasteiger partial charge in [-0.05, 0) is 25.7 Å². The number of hydrogen-bond donors (Lipinski definition) is 3. The minimum atomic E-state index is -0.804. The number of nitrogens with zero attached hydrogens (tertiary/aromatic N) is 1. The van der Waals surface area contributed by atoms with Crippen molar-refractivity contribution < 1.29 is 19.5 Å². The molecule has 3 N–H and O–H groups in total. The van der Waals surface area contributed by atoms with Gasteiger partial charge < -0.3 is 20.6 Å². The monoisotopic (exact) mass is 299 g/mol. The zero-order valence-electron chi connectivity index (χ0n) is 12.7. The minimum Gasteiger partial charge on any atom is -0.481 e. The lowest BCUT2D eigenvalue weighted by molar-refractivity contribution is -0.141. The van der Waals surface area contributed by atoms with Gasteiger partial charge in [-0.25, -0.2) is 4.79 Å². The maximum Gasteiger partial charge on any atom is 0.317 e. The maximum absolute atomic E-state index is 11.9. The van der Waals surface area contributed by atoms with Crippen molar-refractivity contribution in [2.24, 2.45) is 5.92 Å². The number of carbonyl (C=O) groups is 3. The lowest BCUT2D eigenvalue weighted by Crippen LogP contribution is -2.49. The molecule has 0 aromatic carbocycles. The van der Waals surface area contributed by atoms with Crippen LogP contribution in [0.25, 0.3) is 0 Å². The van der Waals surface area contributed by atoms with Gasteiger partial charge in [0.1, 0.15) is 0 Å². The molecule has 120 valence electrons. The third kappa shape index (κ3) is 6.46. The third-order valence-corrected chi connectivity index (χ3v) is 3.70. The standard InChI is InChI=1S/C14H25N3O4/c1-10(13(19)20)4-3-7-15-14(21)17-8-5-12(6-9-17)16-11(2)18/h10,12H,3-9H2,1-2H3,(H,15,21)(H,16,18)(H,19,20). The molecule has 21 heavy (non-hydrogen) atoms. The topological polar surface area (TPSA) is 98.7 Å². The van der Waals surface area contributed by atoms with E-state index in [1.54, 1.807) is 11.8 Å². The van der Waals surface area contributed by atoms with Crippen molar-refractivity contribution in [3.05, 3.63) is 0 Å². The normalized spacial score (nSPS) is 17.1. The SMILES string of the molecule is CC(=O)NC1CCN(C(=O)NCCCC(C)C(=O)O)CC1. The van der Waals surface area contributed by atoms with Crippen molar-refractivity contribution in [1.29, 1.82) is 0 Å². The van der Waals surface area contributed by atoms with Crippen molar-refractivity contribution in [1.82, 2.24) is 15.5 Å². The van der Waals surface area contributed by atoms with E-state index in [1.807, 2.05) is 0 Å². The van der Waals surface area contributed by atoms with Crippen LogP contribution in [-0.2, 0) is 9.59 Å². The largest absolute Gasteiger partial charge is 0.481 e. The number of piperidine rings is 1. The van der Waals surface area contributed by atoms with Crippen LogP contribution in [0.1, 0.15) is 39.5 Å². The van der Waals surface area contributed by atoms with Crippen molar-refractivity contribution in [3.8, 4) is 0 Å². The number of likely N-dealkylation sites (tertiary alicyclic amines) is 1. The fraction of sp³-hybridized carbons (Fsp3) is 0.786. The van der Waals surface area contributed by atoms with Gasteiger partial charge in [0, 0.05) is 32.6 Å². The van der Waals surface area contributed by atoms with E-state index < -0.39 is 5.97 Å². The predicted octanol–water partition coefficient (Wildman–Crippen LogP) is 0.797. The van der Waals surface area contributed by atoms with Crippen LogP contribution >= 0.6 is 0 Å². The molecule has 1 heterocycles. The molecule has 1 fully saturated rings. The fourth-order valence-electron chi connectivity index (χ4n) is 2.35. The van der Waals surface area contributed by atoms with Gasteiger partial charge in [0.2, 0.25) is 5.91 Å². The van der Waals surface area contributed by atoms with E-state index in [0.717, 1.165) is 12.8 Å². The molecule has 3 amide bonds. The van der Waals surface area contributed by atoms with Gasteiger partial charge in [0.05, 0.1) is 5.92 Å². The first kappa shape index (κ1) is 17.3. The molecule has 0 saturated carbocycles. The molecular formula is C14H25N3O4. The van der Waals surface area contributed by atoms with Crippen LogP contribution < -0.4 is 10.6 Å². The molecular weight excluding hydrogens is 274 g/mol. The highest BCUT2D eigenvalue weighted by atomic mass is 16.4. The number of carbonyl (C=O) groups excluding carboxylic acids is 2. The second-order valence-electron chi connectivity index (χ2n) is 5.58. The number of carboxylic acid groups (broad SMARTS) is 1. The maximum atomic E-state index is 11.9. The van der Waals surface area contributed by atoms with E-state index in [1.165, 1.54) is 6.92 Å². The molecule has 0 aromatic rings. The second-order valence-corrected chi connectivity index (χ2v) is 5.58. The van der Waals surface area contributed by atoms with Gasteiger partial charge in [-0.3, -0.25) is 9.59 Å². The molecule has 7 heteroatoms. The van der Waals surface area contributed by atoms with Gasteiger partial charge in [-0.1, -0.05) is 6.92 Å². The van der Waals surface area contributed by atoms with Crippen molar-refractivity contribution in [2.45, 2.75) is 45.6 Å². The summed E-state index contributed by atoms with van der Waals surface area (Å²) >= 11 is 0. The number of aliphatic carboxylic acids is 1. The van der Waals surface area contributed by atoms with Crippen LogP contribution in [0.5, 0.6) is 0 Å². The van der Waals surface area contributed by atoms with Crippen LogP contribution in [0.2, 0.25) is 0 Å². The lowest BCUT2D eigenvalue weighted by atomic mass is 10.1. The Balaban J connectivity index is 2.16. The Hall–Kier alpha value is -1.79. The number of carboxylic acids is 1. The predicted molar refractivity (Wildman–Crippen MR) is 77.8 cm³/mol. The molecule has 0 aromatic heterocycles. The highest BCUT2D eigenvalue weighted by Crippen LogP contribution is 2.10. The Kier molecular flexibility index (Phi) is 6.98. The highest BCUT2D eigenvalue weighted by Gasteiger charge is 2.22. The van der Waals surface area contributed by atoms with Crippen LogP contribution in [0.4, 0.5) is 4.79 Å². The highest BCUT2D eigenvalue weighted by molar-refractivity contribution is 5.75. The van der Waals surface area contributed by atoms with Crippen LogP contribution in [0, 0.1) is 5.92 Å². The fourth-order valence-corrected chi connectivity index (χ4v) is 2.35. The summed E-state index contributed by atoms with van der Waals surface area (Å²) in [6, 6.07) is 0.0437. The molecule has 1 rings (SSSR count). The van der Waals surface area contributed by atoms with Gasteiger partial charge in [-0.15, -0.1) is 0 Å². The van der Waals surface area contributed by atoms with Gasteiger partial charge in [-0.2, -0.15) is 0 Å². The summed E-state index contributed by atoms with van der Waals surface area (Å²) in [5.74, 6) is -1.22. The van der Waals surface area contributed by atoms with E-state index in [-0.39, 0.29) is 23.9 Å². The Labute approximate surface area is 125 Å². The summed E-state index contributed by atoms with van der Waals surface area (Å²) in [4.78, 5) is 35.3. The Morgan fingerprint density at radius 2 is 1.90 bits per heavy atom. The van der Waals surface area contributed by atoms with E-state index >= 15 is 0 Å². The van der Waals surface area contributed by atoms with Crippen LogP contribution in [0.15, 0.2) is 0 Å². The minimum absolute atomic E-state index is 0.0366. The summed E-state index contributed by atoms with van der Waals surface area (Å²) in [5, 5.41) is 14.4. The summed E-state index contributed by atoms with van der Waals surface area (Å²) in [7, 11) is 0. The zero-order chi connectivity index (χ0) is 15.8. The first-order valence-electron chi connectivity index (χ1n) is 7.43. The molecule has 1 saturated heterocycles. The number of amides is 3. The van der Waals surface area contributed by atoms with Gasteiger partial charge in [0.25, 0.3) is 0 Å². The summed E-state index contributed by atoms with van der Waals surface area (Å²) in [6.07, 6.45) is 2.74. The molecule has 0 bridgehead atoms. The first-order chi connectivity index (χ1) is 9.90. The number of rotatable bonds is 6. The Bertz CT molecular complexity index is 378. The van der Waals surface area contributed by atoms with E-state index in [2.05, 4.69) is 10.6 Å². The second kappa shape index (κ2) is 8.49. The number of hydrogen-bond acceptors (Lipinski definition) is 3. The summed E-state index contributed by atoms with van der Waals surface area (Å²) < 4.78 is 0.